The van der Waals surface area contributed by atoms with Gasteiger partial charge in [0.05, 0.1) is 17.3 Å². The second-order valence-electron chi connectivity index (χ2n) is 4.65. The van der Waals surface area contributed by atoms with Gasteiger partial charge in [0, 0.05) is 11.3 Å². The normalized spacial score (nSPS) is 13.1. The second kappa shape index (κ2) is 6.39. The van der Waals surface area contributed by atoms with Crippen LogP contribution in [0.15, 0.2) is 6.07 Å². The van der Waals surface area contributed by atoms with Crippen LogP contribution in [0.5, 0.6) is 0 Å². The molecule has 0 fully saturated rings. The second-order valence-corrected chi connectivity index (χ2v) is 5.90. The van der Waals surface area contributed by atoms with Gasteiger partial charge in [0.2, 0.25) is 0 Å². The zero-order valence-corrected chi connectivity index (χ0v) is 12.2. The molecule has 0 aliphatic carbocycles. The van der Waals surface area contributed by atoms with Crippen molar-refractivity contribution < 1.29 is 22.8 Å². The Bertz CT molecular complexity index is 508. The maximum Gasteiger partial charge on any atom is 0.389 e. The molecule has 7 heteroatoms. The number of thiophene rings is 1. The highest BCUT2D eigenvalue weighted by Crippen LogP contribution is 2.22. The Morgan fingerprint density at radius 1 is 1.35 bits per heavy atom. The minimum absolute atomic E-state index is 0.423. The van der Waals surface area contributed by atoms with E-state index < -0.39 is 36.8 Å². The first-order chi connectivity index (χ1) is 9.10. The van der Waals surface area contributed by atoms with Crippen LogP contribution in [0, 0.1) is 13.8 Å². The maximum absolute atomic E-state index is 12.0. The number of hydrogen-bond donors (Lipinski definition) is 1. The van der Waals surface area contributed by atoms with Gasteiger partial charge < -0.3 is 5.32 Å². The summed E-state index contributed by atoms with van der Waals surface area (Å²) in [6, 6.07) is 0.919. The first-order valence-corrected chi connectivity index (χ1v) is 6.89. The summed E-state index contributed by atoms with van der Waals surface area (Å²) < 4.78 is 36.1. The average Bonchev–Trinajstić information content (AvgIpc) is 2.64. The summed E-state index contributed by atoms with van der Waals surface area (Å²) in [5.74, 6) is -1.05. The Morgan fingerprint density at radius 2 is 1.95 bits per heavy atom. The number of amides is 1. The SMILES string of the molecule is Cc1cc(C)c(C(=O)NC(C)C(=O)CCC(F)(F)F)s1. The van der Waals surface area contributed by atoms with Gasteiger partial charge in [-0.25, -0.2) is 0 Å². The van der Waals surface area contributed by atoms with Gasteiger partial charge >= 0.3 is 6.18 Å². The third-order valence-electron chi connectivity index (χ3n) is 2.73. The molecule has 1 rings (SSSR count). The molecule has 0 aromatic carbocycles. The van der Waals surface area contributed by atoms with E-state index in [1.807, 2.05) is 13.0 Å². The molecule has 1 aromatic heterocycles. The molecule has 0 aliphatic rings. The molecule has 1 aromatic rings. The lowest BCUT2D eigenvalue weighted by Crippen LogP contribution is -2.38. The molecule has 1 N–H and O–H groups in total. The Hall–Kier alpha value is -1.37. The number of halogens is 3. The van der Waals surface area contributed by atoms with E-state index in [1.54, 1.807) is 6.92 Å². The Balaban J connectivity index is 2.57. The number of carbonyl (C=O) groups excluding carboxylic acids is 2. The van der Waals surface area contributed by atoms with E-state index in [0.717, 1.165) is 10.4 Å². The van der Waals surface area contributed by atoms with Crippen molar-refractivity contribution in [2.45, 2.75) is 45.8 Å². The average molecular weight is 307 g/mol. The van der Waals surface area contributed by atoms with Crippen LogP contribution >= 0.6 is 11.3 Å². The zero-order chi connectivity index (χ0) is 15.5. The highest BCUT2D eigenvalue weighted by Gasteiger charge is 2.29. The van der Waals surface area contributed by atoms with Crippen molar-refractivity contribution in [1.82, 2.24) is 5.32 Å². The topological polar surface area (TPSA) is 46.2 Å². The van der Waals surface area contributed by atoms with Crippen LogP contribution in [-0.2, 0) is 4.79 Å². The summed E-state index contributed by atoms with van der Waals surface area (Å²) in [5.41, 5.74) is 0.792. The van der Waals surface area contributed by atoms with Crippen molar-refractivity contribution >= 4 is 23.0 Å². The molecule has 0 saturated heterocycles. The molecular weight excluding hydrogens is 291 g/mol. The van der Waals surface area contributed by atoms with Crippen molar-refractivity contribution in [2.24, 2.45) is 0 Å². The quantitative estimate of drug-likeness (QED) is 0.906. The first-order valence-electron chi connectivity index (χ1n) is 6.07. The molecule has 3 nitrogen and oxygen atoms in total. The molecule has 1 atom stereocenters. The van der Waals surface area contributed by atoms with Crippen molar-refractivity contribution in [3.05, 3.63) is 21.4 Å². The highest BCUT2D eigenvalue weighted by molar-refractivity contribution is 7.14. The van der Waals surface area contributed by atoms with Crippen molar-refractivity contribution in [2.75, 3.05) is 0 Å². The number of hydrogen-bond acceptors (Lipinski definition) is 3. The molecule has 0 bridgehead atoms. The number of Topliss-reactive ketones (excluding diaryl/α,β-unsaturated/α-hetero) is 1. The standard InChI is InChI=1S/C13H16F3NO2S/c1-7-6-8(2)20-11(7)12(19)17-9(3)10(18)4-5-13(14,15)16/h6,9H,4-5H2,1-3H3,(H,17,19). The zero-order valence-electron chi connectivity index (χ0n) is 11.4. The predicted molar refractivity (Wildman–Crippen MR) is 71.0 cm³/mol. The fraction of sp³-hybridized carbons (Fsp3) is 0.538. The van der Waals surface area contributed by atoms with Gasteiger partial charge in [-0.05, 0) is 32.4 Å². The van der Waals surface area contributed by atoms with E-state index in [4.69, 9.17) is 0 Å². The number of ketones is 1. The van der Waals surface area contributed by atoms with Crippen molar-refractivity contribution in [1.29, 1.82) is 0 Å². The summed E-state index contributed by atoms with van der Waals surface area (Å²) in [4.78, 5) is 24.9. The third kappa shape index (κ3) is 4.96. The molecule has 0 saturated carbocycles. The minimum atomic E-state index is -4.36. The summed E-state index contributed by atoms with van der Waals surface area (Å²) in [6.45, 7) is 5.02. The monoisotopic (exact) mass is 307 g/mol. The van der Waals surface area contributed by atoms with E-state index in [2.05, 4.69) is 5.32 Å². The molecule has 1 unspecified atom stereocenters. The summed E-state index contributed by atoms with van der Waals surface area (Å²) in [5, 5.41) is 2.44. The van der Waals surface area contributed by atoms with Crippen LogP contribution in [0.25, 0.3) is 0 Å². The summed E-state index contributed by atoms with van der Waals surface area (Å²) in [6.07, 6.45) is -6.14. The summed E-state index contributed by atoms with van der Waals surface area (Å²) in [7, 11) is 0. The van der Waals surface area contributed by atoms with Crippen LogP contribution in [0.3, 0.4) is 0 Å². The fourth-order valence-corrected chi connectivity index (χ4v) is 2.62. The molecule has 0 aliphatic heterocycles. The van der Waals surface area contributed by atoms with Crippen molar-refractivity contribution in [3.8, 4) is 0 Å². The van der Waals surface area contributed by atoms with Gasteiger partial charge in [-0.15, -0.1) is 11.3 Å². The molecule has 1 amide bonds. The van der Waals surface area contributed by atoms with Gasteiger partial charge in [-0.2, -0.15) is 13.2 Å². The van der Waals surface area contributed by atoms with Crippen LogP contribution in [0.4, 0.5) is 13.2 Å². The number of carbonyl (C=O) groups is 2. The number of aryl methyl sites for hydroxylation is 2. The molecular formula is C13H16F3NO2S. The lowest BCUT2D eigenvalue weighted by molar-refractivity contribution is -0.143. The molecule has 0 radical (unpaired) electrons. The lowest BCUT2D eigenvalue weighted by Gasteiger charge is -2.13. The third-order valence-corrected chi connectivity index (χ3v) is 3.88. The van der Waals surface area contributed by atoms with E-state index in [1.165, 1.54) is 18.3 Å². The van der Waals surface area contributed by atoms with Crippen LogP contribution in [0.2, 0.25) is 0 Å². The number of alkyl halides is 3. The van der Waals surface area contributed by atoms with E-state index >= 15 is 0 Å². The molecule has 20 heavy (non-hydrogen) atoms. The maximum atomic E-state index is 12.0. The van der Waals surface area contributed by atoms with E-state index in [0.29, 0.717) is 4.88 Å². The van der Waals surface area contributed by atoms with Crippen LogP contribution < -0.4 is 5.32 Å². The van der Waals surface area contributed by atoms with Gasteiger partial charge in [0.1, 0.15) is 0 Å². The first kappa shape index (κ1) is 16.7. The molecule has 112 valence electrons. The minimum Gasteiger partial charge on any atom is -0.342 e. The number of nitrogens with one attached hydrogen (secondary N) is 1. The van der Waals surface area contributed by atoms with E-state index in [-0.39, 0.29) is 0 Å². The van der Waals surface area contributed by atoms with Crippen LogP contribution in [0.1, 0.15) is 39.9 Å². The lowest BCUT2D eigenvalue weighted by atomic mass is 10.1. The molecule has 1 heterocycles. The van der Waals surface area contributed by atoms with Gasteiger partial charge in [0.15, 0.2) is 5.78 Å². The predicted octanol–water partition coefficient (Wildman–Crippen LogP) is 3.39. The number of rotatable bonds is 5. The summed E-state index contributed by atoms with van der Waals surface area (Å²) >= 11 is 1.29. The van der Waals surface area contributed by atoms with Gasteiger partial charge in [-0.1, -0.05) is 0 Å². The Morgan fingerprint density at radius 3 is 2.40 bits per heavy atom. The fourth-order valence-electron chi connectivity index (χ4n) is 1.69. The van der Waals surface area contributed by atoms with Gasteiger partial charge in [0.25, 0.3) is 5.91 Å². The largest absolute Gasteiger partial charge is 0.389 e. The molecule has 0 spiro atoms. The highest BCUT2D eigenvalue weighted by atomic mass is 32.1. The Kier molecular flexibility index (Phi) is 5.33. The van der Waals surface area contributed by atoms with Crippen molar-refractivity contribution in [3.63, 3.8) is 0 Å². The van der Waals surface area contributed by atoms with Crippen LogP contribution in [-0.4, -0.2) is 23.9 Å². The van der Waals surface area contributed by atoms with E-state index in [9.17, 15) is 22.8 Å². The smallest absolute Gasteiger partial charge is 0.342 e. The Labute approximate surface area is 119 Å². The van der Waals surface area contributed by atoms with Gasteiger partial charge in [-0.3, -0.25) is 9.59 Å².